The van der Waals surface area contributed by atoms with Crippen molar-refractivity contribution in [2.24, 2.45) is 0 Å². The zero-order valence-corrected chi connectivity index (χ0v) is 13.3. The molecule has 20 heavy (non-hydrogen) atoms. The number of hydrogen-bond acceptors (Lipinski definition) is 4. The Kier molecular flexibility index (Phi) is 4.88. The lowest BCUT2D eigenvalue weighted by atomic mass is 10.0. The number of rotatable bonds is 5. The van der Waals surface area contributed by atoms with Crippen LogP contribution < -0.4 is 5.32 Å². The number of sulfonamides is 1. The van der Waals surface area contributed by atoms with Gasteiger partial charge in [-0.15, -0.1) is 0 Å². The Balaban J connectivity index is 2.33. The zero-order chi connectivity index (χ0) is 14.8. The van der Waals surface area contributed by atoms with Crippen LogP contribution in [0.4, 0.5) is 0 Å². The van der Waals surface area contributed by atoms with E-state index in [1.807, 2.05) is 14.0 Å². The molecule has 0 aliphatic carbocycles. The first-order valence-electron chi connectivity index (χ1n) is 7.26. The van der Waals surface area contributed by atoms with Gasteiger partial charge in [-0.2, -0.15) is 4.31 Å². The number of nitrogens with zero attached hydrogens (tertiary/aromatic N) is 1. The Labute approximate surface area is 121 Å². The molecule has 1 fully saturated rings. The third-order valence-electron chi connectivity index (χ3n) is 3.91. The highest BCUT2D eigenvalue weighted by Gasteiger charge is 2.34. The Morgan fingerprint density at radius 3 is 2.85 bits per heavy atom. The van der Waals surface area contributed by atoms with E-state index in [1.54, 1.807) is 17.3 Å². The summed E-state index contributed by atoms with van der Waals surface area (Å²) >= 11 is 0. The largest absolute Gasteiger partial charge is 0.464 e. The van der Waals surface area contributed by atoms with Crippen molar-refractivity contribution in [3.63, 3.8) is 0 Å². The molecular weight excluding hydrogens is 276 g/mol. The van der Waals surface area contributed by atoms with Crippen LogP contribution in [-0.4, -0.2) is 32.4 Å². The minimum absolute atomic E-state index is 0.121. The third kappa shape index (κ3) is 2.92. The molecule has 6 heteroatoms. The van der Waals surface area contributed by atoms with E-state index in [4.69, 9.17) is 4.42 Å². The van der Waals surface area contributed by atoms with E-state index in [1.165, 1.54) is 0 Å². The Morgan fingerprint density at radius 2 is 2.20 bits per heavy atom. The Hall–Kier alpha value is -0.850. The minimum atomic E-state index is -3.44. The molecule has 1 aromatic heterocycles. The van der Waals surface area contributed by atoms with Crippen molar-refractivity contribution < 1.29 is 12.8 Å². The van der Waals surface area contributed by atoms with Crippen molar-refractivity contribution in [3.05, 3.63) is 17.6 Å². The van der Waals surface area contributed by atoms with Gasteiger partial charge in [0.25, 0.3) is 0 Å². The SMILES string of the molecule is CCC1CCCCN1S(=O)(=O)c1cc(CNC)oc1C. The summed E-state index contributed by atoms with van der Waals surface area (Å²) in [5, 5.41) is 2.97. The van der Waals surface area contributed by atoms with Crippen molar-refractivity contribution >= 4 is 10.0 Å². The van der Waals surface area contributed by atoms with E-state index in [9.17, 15) is 8.42 Å². The highest BCUT2D eigenvalue weighted by atomic mass is 32.2. The maximum atomic E-state index is 12.8. The van der Waals surface area contributed by atoms with E-state index >= 15 is 0 Å². The van der Waals surface area contributed by atoms with Gasteiger partial charge >= 0.3 is 0 Å². The first-order valence-corrected chi connectivity index (χ1v) is 8.70. The molecule has 2 rings (SSSR count). The predicted octanol–water partition coefficient (Wildman–Crippen LogP) is 2.26. The molecule has 0 bridgehead atoms. The van der Waals surface area contributed by atoms with E-state index in [2.05, 4.69) is 5.32 Å². The fourth-order valence-corrected chi connectivity index (χ4v) is 4.82. The quantitative estimate of drug-likeness (QED) is 0.906. The normalized spacial score (nSPS) is 21.2. The molecule has 1 atom stereocenters. The van der Waals surface area contributed by atoms with E-state index in [0.717, 1.165) is 25.7 Å². The predicted molar refractivity (Wildman–Crippen MR) is 78.0 cm³/mol. The summed E-state index contributed by atoms with van der Waals surface area (Å²) in [6.45, 7) is 4.92. The maximum absolute atomic E-state index is 12.8. The molecule has 0 aromatic carbocycles. The van der Waals surface area contributed by atoms with Gasteiger partial charge < -0.3 is 9.73 Å². The lowest BCUT2D eigenvalue weighted by Crippen LogP contribution is -2.43. The van der Waals surface area contributed by atoms with Gasteiger partial charge in [-0.3, -0.25) is 0 Å². The number of nitrogens with one attached hydrogen (secondary N) is 1. The summed E-state index contributed by atoms with van der Waals surface area (Å²) in [6.07, 6.45) is 3.87. The number of aryl methyl sites for hydroxylation is 1. The van der Waals surface area contributed by atoms with Crippen molar-refractivity contribution in [2.75, 3.05) is 13.6 Å². The molecule has 5 nitrogen and oxygen atoms in total. The van der Waals surface area contributed by atoms with Crippen molar-refractivity contribution in [1.29, 1.82) is 0 Å². The van der Waals surface area contributed by atoms with Crippen LogP contribution in [0.3, 0.4) is 0 Å². The molecule has 0 spiro atoms. The monoisotopic (exact) mass is 300 g/mol. The molecule has 2 heterocycles. The summed E-state index contributed by atoms with van der Waals surface area (Å²) in [6, 6.07) is 1.78. The van der Waals surface area contributed by atoms with Crippen LogP contribution in [0.1, 0.15) is 44.1 Å². The molecule has 0 radical (unpaired) electrons. The summed E-state index contributed by atoms with van der Waals surface area (Å²) in [5.41, 5.74) is 0. The van der Waals surface area contributed by atoms with Crippen LogP contribution in [0, 0.1) is 6.92 Å². The van der Waals surface area contributed by atoms with Gasteiger partial charge in [-0.25, -0.2) is 8.42 Å². The second-order valence-corrected chi connectivity index (χ2v) is 7.20. The number of piperidine rings is 1. The van der Waals surface area contributed by atoms with Crippen LogP contribution in [0.2, 0.25) is 0 Å². The van der Waals surface area contributed by atoms with E-state index < -0.39 is 10.0 Å². The molecule has 1 aliphatic heterocycles. The van der Waals surface area contributed by atoms with Crippen molar-refractivity contribution in [1.82, 2.24) is 9.62 Å². The molecule has 0 saturated carbocycles. The molecule has 114 valence electrons. The summed E-state index contributed by atoms with van der Waals surface area (Å²) in [4.78, 5) is 0.322. The van der Waals surface area contributed by atoms with Crippen LogP contribution in [-0.2, 0) is 16.6 Å². The van der Waals surface area contributed by atoms with Gasteiger partial charge in [-0.1, -0.05) is 13.3 Å². The molecule has 1 aromatic rings. The lowest BCUT2D eigenvalue weighted by molar-refractivity contribution is 0.246. The minimum Gasteiger partial charge on any atom is -0.464 e. The topological polar surface area (TPSA) is 62.6 Å². The first-order chi connectivity index (χ1) is 9.50. The molecule has 0 amide bonds. The second-order valence-electron chi connectivity index (χ2n) is 5.34. The Morgan fingerprint density at radius 1 is 1.45 bits per heavy atom. The number of hydrogen-bond donors (Lipinski definition) is 1. The fraction of sp³-hybridized carbons (Fsp3) is 0.714. The van der Waals surface area contributed by atoms with Gasteiger partial charge in [0.05, 0.1) is 6.54 Å². The van der Waals surface area contributed by atoms with Gasteiger partial charge in [0, 0.05) is 18.7 Å². The van der Waals surface area contributed by atoms with Crippen LogP contribution in [0.25, 0.3) is 0 Å². The van der Waals surface area contributed by atoms with Gasteiger partial charge in [-0.05, 0) is 33.2 Å². The molecule has 1 N–H and O–H groups in total. The highest BCUT2D eigenvalue weighted by molar-refractivity contribution is 7.89. The zero-order valence-electron chi connectivity index (χ0n) is 12.5. The lowest BCUT2D eigenvalue weighted by Gasteiger charge is -2.33. The summed E-state index contributed by atoms with van der Waals surface area (Å²) in [7, 11) is -1.63. The maximum Gasteiger partial charge on any atom is 0.246 e. The molecule has 1 saturated heterocycles. The third-order valence-corrected chi connectivity index (χ3v) is 5.96. The average Bonchev–Trinajstić information content (AvgIpc) is 2.81. The van der Waals surface area contributed by atoms with Crippen LogP contribution in [0.5, 0.6) is 0 Å². The first kappa shape index (κ1) is 15.5. The van der Waals surface area contributed by atoms with E-state index in [-0.39, 0.29) is 6.04 Å². The van der Waals surface area contributed by atoms with Gasteiger partial charge in [0.15, 0.2) is 0 Å². The standard InChI is InChI=1S/C14H24N2O3S/c1-4-12-7-5-6-8-16(12)20(17,18)14-9-13(10-15-3)19-11(14)2/h9,12,15H,4-8,10H2,1-3H3. The highest BCUT2D eigenvalue weighted by Crippen LogP contribution is 2.30. The van der Waals surface area contributed by atoms with Crippen LogP contribution in [0.15, 0.2) is 15.4 Å². The summed E-state index contributed by atoms with van der Waals surface area (Å²) < 4.78 is 32.9. The van der Waals surface area contributed by atoms with Gasteiger partial charge in [0.2, 0.25) is 10.0 Å². The fourth-order valence-electron chi connectivity index (χ4n) is 2.87. The smallest absolute Gasteiger partial charge is 0.246 e. The van der Waals surface area contributed by atoms with Crippen molar-refractivity contribution in [3.8, 4) is 0 Å². The average molecular weight is 300 g/mol. The molecular formula is C14H24N2O3S. The van der Waals surface area contributed by atoms with Gasteiger partial charge in [0.1, 0.15) is 16.4 Å². The molecule has 1 aliphatic rings. The van der Waals surface area contributed by atoms with Crippen LogP contribution >= 0.6 is 0 Å². The van der Waals surface area contributed by atoms with Crippen molar-refractivity contribution in [2.45, 2.75) is 57.0 Å². The van der Waals surface area contributed by atoms with E-state index in [0.29, 0.717) is 29.5 Å². The molecule has 1 unspecified atom stereocenters. The second kappa shape index (κ2) is 6.28. The number of furan rings is 1. The summed E-state index contributed by atoms with van der Waals surface area (Å²) in [5.74, 6) is 1.14. The Bertz CT molecular complexity index is 551.